The zero-order valence-electron chi connectivity index (χ0n) is 46.4. The largest absolute Gasteiger partial charge is 0.497 e. The molecule has 0 saturated heterocycles. The first-order chi connectivity index (χ1) is 37.3. The van der Waals surface area contributed by atoms with Gasteiger partial charge in [0.2, 0.25) is 0 Å². The number of nitrogens with zero attached hydrogens (tertiary/aromatic N) is 3. The average molecular weight is 1010 g/mol. The van der Waals surface area contributed by atoms with Crippen LogP contribution in [0.2, 0.25) is 0 Å². The number of methoxy groups -OCH3 is 3. The topological polar surface area (TPSA) is 37.4 Å². The third-order valence-electron chi connectivity index (χ3n) is 15.9. The predicted octanol–water partition coefficient (Wildman–Crippen LogP) is 20.1. The maximum Gasteiger partial charge on any atom is 0.119 e. The van der Waals surface area contributed by atoms with E-state index in [1.807, 2.05) is 12.1 Å². The first-order valence-electron chi connectivity index (χ1n) is 27.1. The highest BCUT2D eigenvalue weighted by Gasteiger charge is 2.37. The molecule has 1 aliphatic rings. The van der Waals surface area contributed by atoms with Gasteiger partial charge in [-0.2, -0.15) is 0 Å². The summed E-state index contributed by atoms with van der Waals surface area (Å²) in [6, 6.07) is 73.9. The summed E-state index contributed by atoms with van der Waals surface area (Å²) < 4.78 is 17.4. The van der Waals surface area contributed by atoms with Crippen LogP contribution in [0.4, 0.5) is 51.2 Å². The first kappa shape index (κ1) is 50.7. The Morgan fingerprint density at radius 2 is 0.649 bits per heavy atom. The van der Waals surface area contributed by atoms with Gasteiger partial charge in [0, 0.05) is 66.8 Å². The molecule has 0 heterocycles. The number of rotatable bonds is 15. The summed E-state index contributed by atoms with van der Waals surface area (Å²) in [5, 5.41) is 4.43. The smallest absolute Gasteiger partial charge is 0.119 e. The van der Waals surface area contributed by atoms with Gasteiger partial charge in [-0.05, 0) is 190 Å². The molecule has 0 unspecified atom stereocenters. The Labute approximate surface area is 455 Å². The summed E-state index contributed by atoms with van der Waals surface area (Å²) in [7, 11) is 5.18. The Morgan fingerprint density at radius 3 is 1.05 bits per heavy atom. The van der Waals surface area contributed by atoms with Crippen molar-refractivity contribution < 1.29 is 14.2 Å². The normalized spacial score (nSPS) is 12.5. The number of anilines is 9. The van der Waals surface area contributed by atoms with Gasteiger partial charge in [0.15, 0.2) is 0 Å². The minimum atomic E-state index is -0.271. The van der Waals surface area contributed by atoms with Gasteiger partial charge in [-0.1, -0.05) is 122 Å². The van der Waals surface area contributed by atoms with Crippen molar-refractivity contribution in [2.24, 2.45) is 0 Å². The molecule has 0 radical (unpaired) electrons. The van der Waals surface area contributed by atoms with Gasteiger partial charge in [0.1, 0.15) is 17.2 Å². The Hall–Kier alpha value is -8.48. The third kappa shape index (κ3) is 9.20. The van der Waals surface area contributed by atoms with Crippen molar-refractivity contribution in [3.8, 4) is 28.4 Å². The maximum atomic E-state index is 5.82. The van der Waals surface area contributed by atoms with E-state index in [2.05, 4.69) is 258 Å². The summed E-state index contributed by atoms with van der Waals surface area (Å²) in [5.41, 5.74) is 18.1. The van der Waals surface area contributed by atoms with Crippen LogP contribution >= 0.6 is 0 Å². The van der Waals surface area contributed by atoms with Crippen molar-refractivity contribution in [2.75, 3.05) is 36.0 Å². The second kappa shape index (κ2) is 20.6. The van der Waals surface area contributed by atoms with E-state index in [-0.39, 0.29) is 5.41 Å². The highest BCUT2D eigenvalue weighted by Crippen LogP contribution is 2.57. The molecule has 1 aliphatic carbocycles. The van der Waals surface area contributed by atoms with E-state index < -0.39 is 0 Å². The molecule has 0 N–H and O–H groups in total. The quantitative estimate of drug-likeness (QED) is 0.0752. The van der Waals surface area contributed by atoms with Crippen molar-refractivity contribution in [1.82, 2.24) is 0 Å². The molecule has 0 aliphatic heterocycles. The molecule has 10 aromatic rings. The summed E-state index contributed by atoms with van der Waals surface area (Å²) >= 11 is 0. The molecular weight excluding hydrogens is 943 g/mol. The van der Waals surface area contributed by atoms with Gasteiger partial charge in [-0.15, -0.1) is 0 Å². The number of fused-ring (bicyclic) bond motifs is 5. The molecule has 0 saturated carbocycles. The van der Waals surface area contributed by atoms with Crippen LogP contribution in [-0.4, -0.2) is 21.3 Å². The monoisotopic (exact) mass is 1010 g/mol. The van der Waals surface area contributed by atoms with Gasteiger partial charge in [0.25, 0.3) is 0 Å². The standard InChI is InChI=1S/C71H69N3O3/c1-45(2)48-16-22-51(23-17-48)72(52-28-35-58(75-9)36-29-52)57-34-41-62-64(42-57)70(74(56-32-39-60(77-11)40-33-56)54-26-20-50(21-27-54)47(5)6)65-43-63-61-14-12-13-15-67(61)71(7,8)68(63)44-66(65)69(62)73(55-30-37-59(76-10)38-31-55)53-24-18-49(19-25-53)46(3)4/h12-47H,1-11H3. The highest BCUT2D eigenvalue weighted by atomic mass is 16.5. The van der Waals surface area contributed by atoms with E-state index in [4.69, 9.17) is 14.2 Å². The van der Waals surface area contributed by atoms with Gasteiger partial charge >= 0.3 is 0 Å². The Balaban J connectivity index is 1.33. The van der Waals surface area contributed by atoms with Crippen molar-refractivity contribution in [3.63, 3.8) is 0 Å². The lowest BCUT2D eigenvalue weighted by molar-refractivity contribution is 0.414. The van der Waals surface area contributed by atoms with Crippen molar-refractivity contribution in [1.29, 1.82) is 0 Å². The number of ether oxygens (including phenoxy) is 3. The van der Waals surface area contributed by atoms with E-state index in [0.29, 0.717) is 17.8 Å². The van der Waals surface area contributed by atoms with E-state index in [1.54, 1.807) is 21.3 Å². The third-order valence-corrected chi connectivity index (χ3v) is 15.9. The zero-order chi connectivity index (χ0) is 53.7. The number of hydrogen-bond donors (Lipinski definition) is 0. The van der Waals surface area contributed by atoms with Crippen LogP contribution in [0, 0.1) is 0 Å². The van der Waals surface area contributed by atoms with Gasteiger partial charge < -0.3 is 28.9 Å². The number of hydrogen-bond acceptors (Lipinski definition) is 6. The molecule has 386 valence electrons. The van der Waals surface area contributed by atoms with Crippen LogP contribution in [0.1, 0.15) is 101 Å². The minimum Gasteiger partial charge on any atom is -0.497 e. The molecule has 10 aromatic carbocycles. The molecule has 0 aromatic heterocycles. The fraction of sp³-hybridized carbons (Fsp3) is 0.211. The van der Waals surface area contributed by atoms with Crippen LogP contribution in [0.5, 0.6) is 17.2 Å². The van der Waals surface area contributed by atoms with Crippen molar-refractivity contribution >= 4 is 72.7 Å². The van der Waals surface area contributed by atoms with Crippen LogP contribution in [-0.2, 0) is 5.41 Å². The second-order valence-corrected chi connectivity index (χ2v) is 21.9. The lowest BCUT2D eigenvalue weighted by Crippen LogP contribution is -2.17. The van der Waals surface area contributed by atoms with Crippen LogP contribution in [0.15, 0.2) is 200 Å². The lowest BCUT2D eigenvalue weighted by atomic mass is 9.81. The lowest BCUT2D eigenvalue weighted by Gasteiger charge is -2.34. The SMILES string of the molecule is COc1ccc(N(c2ccc(C(C)C)cc2)c2ccc3c(N(c4ccc(OC)cc4)c4ccc(C(C)C)cc4)c4cc5c(cc4c(N(c4ccc(OC)cc4)c4ccc(C(C)C)cc4)c3c2)-c2ccccc2C5(C)C)cc1. The van der Waals surface area contributed by atoms with Crippen LogP contribution in [0.3, 0.4) is 0 Å². The summed E-state index contributed by atoms with van der Waals surface area (Å²) in [5.74, 6) is 3.53. The summed E-state index contributed by atoms with van der Waals surface area (Å²) in [6.07, 6.45) is 0. The van der Waals surface area contributed by atoms with Crippen LogP contribution < -0.4 is 28.9 Å². The molecule has 6 nitrogen and oxygen atoms in total. The minimum absolute atomic E-state index is 0.271. The summed E-state index contributed by atoms with van der Waals surface area (Å²) in [4.78, 5) is 7.32. The fourth-order valence-electron chi connectivity index (χ4n) is 11.5. The van der Waals surface area contributed by atoms with Gasteiger partial charge in [-0.3, -0.25) is 0 Å². The predicted molar refractivity (Wildman–Crippen MR) is 325 cm³/mol. The molecule has 0 atom stereocenters. The maximum absolute atomic E-state index is 5.82. The van der Waals surface area contributed by atoms with Crippen molar-refractivity contribution in [2.45, 2.75) is 78.6 Å². The molecule has 0 fully saturated rings. The first-order valence-corrected chi connectivity index (χ1v) is 27.1. The Morgan fingerprint density at radius 1 is 0.312 bits per heavy atom. The van der Waals surface area contributed by atoms with E-state index in [1.165, 1.54) is 38.9 Å². The molecule has 77 heavy (non-hydrogen) atoms. The summed E-state index contributed by atoms with van der Waals surface area (Å²) in [6.45, 7) is 18.3. The number of benzene rings is 10. The fourth-order valence-corrected chi connectivity index (χ4v) is 11.5. The molecule has 0 spiro atoms. The molecule has 11 rings (SSSR count). The van der Waals surface area contributed by atoms with Crippen LogP contribution in [0.25, 0.3) is 32.7 Å². The average Bonchev–Trinajstić information content (AvgIpc) is 3.74. The highest BCUT2D eigenvalue weighted by molar-refractivity contribution is 6.25. The Kier molecular flexibility index (Phi) is 13.5. The molecule has 0 amide bonds. The Bertz CT molecular complexity index is 3730. The van der Waals surface area contributed by atoms with Gasteiger partial charge in [-0.25, -0.2) is 0 Å². The zero-order valence-corrected chi connectivity index (χ0v) is 46.4. The van der Waals surface area contributed by atoms with E-state index >= 15 is 0 Å². The van der Waals surface area contributed by atoms with Crippen molar-refractivity contribution in [3.05, 3.63) is 228 Å². The molecule has 0 bridgehead atoms. The van der Waals surface area contributed by atoms with E-state index in [9.17, 15) is 0 Å². The molecule has 6 heteroatoms. The van der Waals surface area contributed by atoms with Gasteiger partial charge in [0.05, 0.1) is 32.7 Å². The van der Waals surface area contributed by atoms with E-state index in [0.717, 1.165) is 90.0 Å². The molecular formula is C71H69N3O3. The second-order valence-electron chi connectivity index (χ2n) is 21.9.